The van der Waals surface area contributed by atoms with Crippen LogP contribution < -0.4 is 10.1 Å². The lowest BCUT2D eigenvalue weighted by Crippen LogP contribution is -2.39. The van der Waals surface area contributed by atoms with Gasteiger partial charge in [0, 0.05) is 11.6 Å². The minimum Gasteiger partial charge on any atom is -0.490 e. The van der Waals surface area contributed by atoms with E-state index in [9.17, 15) is 18.0 Å². The first kappa shape index (κ1) is 22.6. The van der Waals surface area contributed by atoms with E-state index in [1.165, 1.54) is 12.1 Å². The van der Waals surface area contributed by atoms with Crippen molar-refractivity contribution in [2.24, 2.45) is 11.3 Å². The highest BCUT2D eigenvalue weighted by Crippen LogP contribution is 2.43. The zero-order valence-electron chi connectivity index (χ0n) is 18.7. The highest BCUT2D eigenvalue weighted by atomic mass is 19.4. The van der Waals surface area contributed by atoms with Crippen molar-refractivity contribution in [1.82, 2.24) is 15.3 Å². The van der Waals surface area contributed by atoms with Gasteiger partial charge in [0.25, 0.3) is 0 Å². The molecule has 1 aromatic heterocycles. The number of benzene rings is 1. The Morgan fingerprint density at radius 3 is 2.41 bits per heavy atom. The average molecular weight is 451 g/mol. The van der Waals surface area contributed by atoms with Crippen LogP contribution in [0.15, 0.2) is 18.3 Å². The van der Waals surface area contributed by atoms with Crippen molar-refractivity contribution in [3.63, 3.8) is 0 Å². The number of halogens is 3. The highest BCUT2D eigenvalue weighted by molar-refractivity contribution is 5.84. The van der Waals surface area contributed by atoms with Crippen molar-refractivity contribution >= 4 is 17.0 Å². The van der Waals surface area contributed by atoms with E-state index >= 15 is 0 Å². The quantitative estimate of drug-likeness (QED) is 0.659. The highest BCUT2D eigenvalue weighted by Gasteiger charge is 2.41. The first-order valence-corrected chi connectivity index (χ1v) is 10.9. The summed E-state index contributed by atoms with van der Waals surface area (Å²) in [5.74, 6) is 0.539. The number of aromatic nitrogens is 2. The molecule has 9 heteroatoms. The molecule has 1 aliphatic heterocycles. The van der Waals surface area contributed by atoms with Crippen LogP contribution >= 0.6 is 0 Å². The van der Waals surface area contributed by atoms with E-state index in [1.54, 1.807) is 6.92 Å². The summed E-state index contributed by atoms with van der Waals surface area (Å²) in [6.45, 7) is 8.25. The van der Waals surface area contributed by atoms with Gasteiger partial charge in [0.05, 0.1) is 11.6 Å². The van der Waals surface area contributed by atoms with Gasteiger partial charge in [-0.05, 0) is 56.1 Å². The van der Waals surface area contributed by atoms with Crippen molar-refractivity contribution < 1.29 is 27.4 Å². The summed E-state index contributed by atoms with van der Waals surface area (Å²) in [7, 11) is 0. The third kappa shape index (κ3) is 4.34. The molecule has 0 radical (unpaired) electrons. The molecule has 1 aromatic carbocycles. The van der Waals surface area contributed by atoms with Crippen LogP contribution in [0.3, 0.4) is 0 Å². The number of carbonyl (C=O) groups is 1. The van der Waals surface area contributed by atoms with Gasteiger partial charge in [-0.1, -0.05) is 20.8 Å². The molecule has 0 bridgehead atoms. The second-order valence-electron chi connectivity index (χ2n) is 10.1. The molecule has 1 N–H and O–H groups in total. The molecule has 2 heterocycles. The predicted octanol–water partition coefficient (Wildman–Crippen LogP) is 5.59. The van der Waals surface area contributed by atoms with E-state index in [2.05, 4.69) is 36.1 Å². The van der Waals surface area contributed by atoms with Gasteiger partial charge < -0.3 is 14.8 Å². The molecule has 1 atom stereocenters. The zero-order chi connectivity index (χ0) is 23.3. The van der Waals surface area contributed by atoms with Crippen molar-refractivity contribution in [1.29, 1.82) is 0 Å². The van der Waals surface area contributed by atoms with Gasteiger partial charge in [-0.15, -0.1) is 0 Å². The Hall–Kier alpha value is -2.58. The summed E-state index contributed by atoms with van der Waals surface area (Å²) in [6, 6.07) is 2.84. The summed E-state index contributed by atoms with van der Waals surface area (Å²) < 4.78 is 53.0. The molecular formula is C23H28F3N3O3. The summed E-state index contributed by atoms with van der Waals surface area (Å²) in [5, 5.41) is 2.47. The maximum atomic E-state index is 14.1. The zero-order valence-corrected chi connectivity index (χ0v) is 18.7. The van der Waals surface area contributed by atoms with Crippen LogP contribution in [0.1, 0.15) is 64.8 Å². The number of nitrogens with one attached hydrogen (secondary N) is 1. The summed E-state index contributed by atoms with van der Waals surface area (Å²) in [6.07, 6.45) is -1.02. The van der Waals surface area contributed by atoms with Gasteiger partial charge >= 0.3 is 12.3 Å². The van der Waals surface area contributed by atoms with E-state index in [0.29, 0.717) is 5.92 Å². The first-order chi connectivity index (χ1) is 14.9. The van der Waals surface area contributed by atoms with Crippen molar-refractivity contribution in [3.05, 3.63) is 29.7 Å². The molecular weight excluding hydrogens is 423 g/mol. The fraction of sp³-hybridized carbons (Fsp3) is 0.609. The lowest BCUT2D eigenvalue weighted by Gasteiger charge is -2.37. The predicted molar refractivity (Wildman–Crippen MR) is 112 cm³/mol. The van der Waals surface area contributed by atoms with E-state index < -0.39 is 23.4 Å². The Morgan fingerprint density at radius 2 is 1.84 bits per heavy atom. The number of alkyl carbamates (subject to hydrolysis) is 1. The van der Waals surface area contributed by atoms with Gasteiger partial charge in [0.15, 0.2) is 5.82 Å². The monoisotopic (exact) mass is 451 g/mol. The molecule has 0 spiro atoms. The second-order valence-corrected chi connectivity index (χ2v) is 10.1. The third-order valence-electron chi connectivity index (χ3n) is 6.57. The number of rotatable bonds is 3. The van der Waals surface area contributed by atoms with Crippen molar-refractivity contribution in [2.75, 3.05) is 6.61 Å². The smallest absolute Gasteiger partial charge is 0.420 e. The van der Waals surface area contributed by atoms with E-state index in [1.807, 2.05) is 0 Å². The Morgan fingerprint density at radius 1 is 1.16 bits per heavy atom. The summed E-state index contributed by atoms with van der Waals surface area (Å²) in [5.41, 5.74) is -1.55. The van der Waals surface area contributed by atoms with Crippen LogP contribution in [0, 0.1) is 11.3 Å². The van der Waals surface area contributed by atoms with E-state index in [4.69, 9.17) is 9.47 Å². The lowest BCUT2D eigenvalue weighted by molar-refractivity contribution is -0.138. The maximum absolute atomic E-state index is 14.1. The summed E-state index contributed by atoms with van der Waals surface area (Å²) in [4.78, 5) is 19.9. The van der Waals surface area contributed by atoms with Gasteiger partial charge in [-0.2, -0.15) is 13.2 Å². The molecule has 1 saturated heterocycles. The lowest BCUT2D eigenvalue weighted by atomic mass is 9.72. The molecule has 1 amide bonds. The van der Waals surface area contributed by atoms with Crippen molar-refractivity contribution in [3.8, 4) is 5.75 Å². The maximum Gasteiger partial charge on any atom is 0.420 e. The number of ether oxygens (including phenoxy) is 2. The average Bonchev–Trinajstić information content (AvgIpc) is 3.06. The molecule has 4 rings (SSSR count). The van der Waals surface area contributed by atoms with Crippen LogP contribution in [-0.4, -0.2) is 28.8 Å². The molecule has 1 saturated carbocycles. The van der Waals surface area contributed by atoms with Crippen molar-refractivity contribution in [2.45, 2.75) is 71.2 Å². The minimum absolute atomic E-state index is 0.00189. The number of cyclic esters (lactones) is 1. The van der Waals surface area contributed by atoms with Gasteiger partial charge in [0.2, 0.25) is 0 Å². The third-order valence-corrected chi connectivity index (χ3v) is 6.57. The van der Waals surface area contributed by atoms with Gasteiger partial charge in [-0.3, -0.25) is 0 Å². The van der Waals surface area contributed by atoms with Crippen LogP contribution in [0.4, 0.5) is 18.0 Å². The molecule has 2 aliphatic rings. The van der Waals surface area contributed by atoms with Gasteiger partial charge in [-0.25, -0.2) is 14.8 Å². The Bertz CT molecular complexity index is 1030. The minimum atomic E-state index is -4.63. The largest absolute Gasteiger partial charge is 0.490 e. The van der Waals surface area contributed by atoms with E-state index in [-0.39, 0.29) is 40.6 Å². The number of alkyl halides is 3. The molecule has 2 aromatic rings. The number of amides is 1. The molecule has 174 valence electrons. The SMILES string of the molecule is CC1(c2ncc3c(C(F)(F)F)c(OC4CCC(C(C)(C)C)CC4)ccc3n2)COC(=O)N1. The molecule has 1 unspecified atom stereocenters. The number of hydrogen-bond donors (Lipinski definition) is 1. The second kappa shape index (κ2) is 7.78. The molecule has 6 nitrogen and oxygen atoms in total. The molecule has 2 fully saturated rings. The first-order valence-electron chi connectivity index (χ1n) is 10.9. The molecule has 32 heavy (non-hydrogen) atoms. The van der Waals surface area contributed by atoms with Crippen LogP contribution in [0.5, 0.6) is 5.75 Å². The number of hydrogen-bond acceptors (Lipinski definition) is 5. The Kier molecular flexibility index (Phi) is 5.49. The van der Waals surface area contributed by atoms with Crippen LogP contribution in [0.2, 0.25) is 0 Å². The van der Waals surface area contributed by atoms with E-state index in [0.717, 1.165) is 31.9 Å². The topological polar surface area (TPSA) is 73.3 Å². The molecule has 1 aliphatic carbocycles. The van der Waals surface area contributed by atoms with Crippen LogP contribution in [0.25, 0.3) is 10.9 Å². The fourth-order valence-electron chi connectivity index (χ4n) is 4.60. The number of fused-ring (bicyclic) bond motifs is 1. The Labute approximate surface area is 184 Å². The Balaban J connectivity index is 1.64. The summed E-state index contributed by atoms with van der Waals surface area (Å²) >= 11 is 0. The number of carbonyl (C=O) groups excluding carboxylic acids is 1. The number of nitrogens with zero attached hydrogens (tertiary/aromatic N) is 2. The fourth-order valence-corrected chi connectivity index (χ4v) is 4.60. The normalized spacial score (nSPS) is 26.7. The van der Waals surface area contributed by atoms with Gasteiger partial charge in [0.1, 0.15) is 23.5 Å². The standard InChI is InChI=1S/C23H28F3N3O3/c1-21(2,3)13-5-7-14(8-6-13)32-17-10-9-16-15(18(17)23(24,25)26)11-27-19(28-16)22(4)12-31-20(30)29-22/h9-11,13-14H,5-8,12H2,1-4H3,(H,29,30). The van der Waals surface area contributed by atoms with Crippen LogP contribution in [-0.2, 0) is 16.5 Å².